The Labute approximate surface area is 125 Å². The minimum atomic E-state index is -2.70. The highest BCUT2D eigenvalue weighted by molar-refractivity contribution is 5.68. The van der Waals surface area contributed by atoms with E-state index in [0.29, 0.717) is 32.7 Å². The van der Waals surface area contributed by atoms with E-state index in [2.05, 4.69) is 0 Å². The Hall–Kier alpha value is -0.950. The average molecular weight is 307 g/mol. The first-order valence-electron chi connectivity index (χ1n) is 7.41. The minimum absolute atomic E-state index is 0.000574. The predicted octanol–water partition coefficient (Wildman–Crippen LogP) is 1.91. The molecule has 124 valence electrons. The van der Waals surface area contributed by atoms with Crippen molar-refractivity contribution in [3.8, 4) is 0 Å². The number of alkyl halides is 2. The summed E-state index contributed by atoms with van der Waals surface area (Å²) in [6.45, 7) is 8.00. The number of piperazine rings is 1. The lowest BCUT2D eigenvalue weighted by molar-refractivity contribution is -0.0270. The van der Waals surface area contributed by atoms with Crippen LogP contribution in [0.25, 0.3) is 0 Å². The van der Waals surface area contributed by atoms with E-state index in [9.17, 15) is 13.6 Å². The molecule has 1 saturated heterocycles. The van der Waals surface area contributed by atoms with Crippen LogP contribution < -0.4 is 5.73 Å². The van der Waals surface area contributed by atoms with Gasteiger partial charge in [0.05, 0.1) is 0 Å². The topological polar surface area (TPSA) is 58.8 Å². The third kappa shape index (κ3) is 7.04. The van der Waals surface area contributed by atoms with Crippen molar-refractivity contribution < 1.29 is 18.3 Å². The quantitative estimate of drug-likeness (QED) is 0.843. The van der Waals surface area contributed by atoms with Crippen LogP contribution in [0.15, 0.2) is 0 Å². The van der Waals surface area contributed by atoms with Crippen LogP contribution in [-0.4, -0.2) is 66.7 Å². The SMILES string of the molecule is CC(C)(C)OC(=O)N1CCN(CCC(F)(F)CCN)CC1. The van der Waals surface area contributed by atoms with Gasteiger partial charge in [-0.1, -0.05) is 0 Å². The fourth-order valence-corrected chi connectivity index (χ4v) is 2.14. The van der Waals surface area contributed by atoms with E-state index >= 15 is 0 Å². The monoisotopic (exact) mass is 307 g/mol. The molecule has 21 heavy (non-hydrogen) atoms. The van der Waals surface area contributed by atoms with Crippen LogP contribution in [0.5, 0.6) is 0 Å². The van der Waals surface area contributed by atoms with Crippen molar-refractivity contribution in [2.24, 2.45) is 5.73 Å². The molecule has 0 spiro atoms. The summed E-state index contributed by atoms with van der Waals surface area (Å²) >= 11 is 0. The third-order valence-electron chi connectivity index (χ3n) is 3.33. The summed E-state index contributed by atoms with van der Waals surface area (Å²) < 4.78 is 32.1. The number of carbonyl (C=O) groups excluding carboxylic acids is 1. The van der Waals surface area contributed by atoms with Gasteiger partial charge in [0.2, 0.25) is 0 Å². The second-order valence-corrected chi connectivity index (χ2v) is 6.45. The van der Waals surface area contributed by atoms with Crippen LogP contribution in [0.1, 0.15) is 33.6 Å². The predicted molar refractivity (Wildman–Crippen MR) is 77.5 cm³/mol. The van der Waals surface area contributed by atoms with Gasteiger partial charge in [-0.15, -0.1) is 0 Å². The van der Waals surface area contributed by atoms with Crippen molar-refractivity contribution in [1.82, 2.24) is 9.80 Å². The number of carbonyl (C=O) groups is 1. The van der Waals surface area contributed by atoms with Gasteiger partial charge in [-0.2, -0.15) is 0 Å². The highest BCUT2D eigenvalue weighted by Crippen LogP contribution is 2.22. The van der Waals surface area contributed by atoms with Crippen LogP contribution >= 0.6 is 0 Å². The highest BCUT2D eigenvalue weighted by Gasteiger charge is 2.30. The number of ether oxygens (including phenoxy) is 1. The van der Waals surface area contributed by atoms with Crippen LogP contribution in [0.2, 0.25) is 0 Å². The number of nitrogens with zero attached hydrogens (tertiary/aromatic N) is 2. The molecule has 1 aliphatic heterocycles. The van der Waals surface area contributed by atoms with E-state index < -0.39 is 11.5 Å². The smallest absolute Gasteiger partial charge is 0.410 e. The average Bonchev–Trinajstić information content (AvgIpc) is 2.35. The lowest BCUT2D eigenvalue weighted by atomic mass is 10.1. The molecule has 1 fully saturated rings. The summed E-state index contributed by atoms with van der Waals surface area (Å²) in [6, 6.07) is 0. The zero-order valence-corrected chi connectivity index (χ0v) is 13.2. The van der Waals surface area contributed by atoms with Gasteiger partial charge in [-0.05, 0) is 27.3 Å². The molecular formula is C14H27F2N3O2. The van der Waals surface area contributed by atoms with E-state index in [0.717, 1.165) is 0 Å². The van der Waals surface area contributed by atoms with E-state index in [-0.39, 0.29) is 25.5 Å². The molecular weight excluding hydrogens is 280 g/mol. The van der Waals surface area contributed by atoms with E-state index in [1.54, 1.807) is 4.90 Å². The first kappa shape index (κ1) is 18.1. The van der Waals surface area contributed by atoms with Crippen molar-refractivity contribution in [3.05, 3.63) is 0 Å². The Morgan fingerprint density at radius 2 is 1.71 bits per heavy atom. The maximum Gasteiger partial charge on any atom is 0.410 e. The van der Waals surface area contributed by atoms with E-state index in [1.807, 2.05) is 25.7 Å². The van der Waals surface area contributed by atoms with Crippen molar-refractivity contribution in [2.75, 3.05) is 39.3 Å². The number of halogens is 2. The zero-order valence-electron chi connectivity index (χ0n) is 13.2. The lowest BCUT2D eigenvalue weighted by Crippen LogP contribution is -2.50. The molecule has 1 heterocycles. The van der Waals surface area contributed by atoms with Crippen LogP contribution in [0, 0.1) is 0 Å². The number of hydrogen-bond donors (Lipinski definition) is 1. The summed E-state index contributed by atoms with van der Waals surface area (Å²) in [5, 5.41) is 0. The van der Waals surface area contributed by atoms with Crippen LogP contribution in [0.4, 0.5) is 13.6 Å². The standard InChI is InChI=1S/C14H27F2N3O2/c1-13(2,3)21-12(20)19-10-8-18(9-11-19)7-5-14(15,16)4-6-17/h4-11,17H2,1-3H3. The molecule has 0 aromatic carbocycles. The maximum absolute atomic E-state index is 13.4. The molecule has 1 aliphatic rings. The molecule has 0 bridgehead atoms. The Bertz CT molecular complexity index is 338. The van der Waals surface area contributed by atoms with E-state index in [4.69, 9.17) is 10.5 Å². The fraction of sp³-hybridized carbons (Fsp3) is 0.929. The number of rotatable bonds is 5. The Balaban J connectivity index is 2.31. The van der Waals surface area contributed by atoms with Crippen LogP contribution in [-0.2, 0) is 4.74 Å². The summed E-state index contributed by atoms with van der Waals surface area (Å²) in [6.07, 6.45) is -0.794. The second-order valence-electron chi connectivity index (χ2n) is 6.45. The van der Waals surface area contributed by atoms with Crippen molar-refractivity contribution in [1.29, 1.82) is 0 Å². The molecule has 7 heteroatoms. The summed E-state index contributed by atoms with van der Waals surface area (Å²) in [7, 11) is 0. The molecule has 1 rings (SSSR count). The molecule has 0 unspecified atom stereocenters. The van der Waals surface area contributed by atoms with Gasteiger partial charge in [0.25, 0.3) is 5.92 Å². The van der Waals surface area contributed by atoms with Crippen molar-refractivity contribution >= 4 is 6.09 Å². The van der Waals surface area contributed by atoms with Crippen molar-refractivity contribution in [2.45, 2.75) is 45.1 Å². The molecule has 0 aromatic rings. The lowest BCUT2D eigenvalue weighted by Gasteiger charge is -2.36. The van der Waals surface area contributed by atoms with Gasteiger partial charge in [0.15, 0.2) is 0 Å². The van der Waals surface area contributed by atoms with Crippen LogP contribution in [0.3, 0.4) is 0 Å². The Morgan fingerprint density at radius 1 is 1.14 bits per heavy atom. The molecule has 0 aromatic heterocycles. The third-order valence-corrected chi connectivity index (χ3v) is 3.33. The normalized spacial score (nSPS) is 17.9. The zero-order chi connectivity index (χ0) is 16.1. The van der Waals surface area contributed by atoms with Gasteiger partial charge >= 0.3 is 6.09 Å². The minimum Gasteiger partial charge on any atom is -0.444 e. The molecule has 0 aliphatic carbocycles. The first-order valence-corrected chi connectivity index (χ1v) is 7.41. The largest absolute Gasteiger partial charge is 0.444 e. The second kappa shape index (κ2) is 7.35. The fourth-order valence-electron chi connectivity index (χ4n) is 2.14. The first-order chi connectivity index (χ1) is 9.63. The van der Waals surface area contributed by atoms with Gasteiger partial charge < -0.3 is 15.4 Å². The summed E-state index contributed by atoms with van der Waals surface area (Å²) in [5.74, 6) is -2.70. The van der Waals surface area contributed by atoms with Gasteiger partial charge in [-0.3, -0.25) is 4.90 Å². The molecule has 2 N–H and O–H groups in total. The maximum atomic E-state index is 13.4. The number of hydrogen-bond acceptors (Lipinski definition) is 4. The Kier molecular flexibility index (Phi) is 6.34. The Morgan fingerprint density at radius 3 is 2.19 bits per heavy atom. The van der Waals surface area contributed by atoms with Crippen molar-refractivity contribution in [3.63, 3.8) is 0 Å². The number of amides is 1. The van der Waals surface area contributed by atoms with Gasteiger partial charge in [0, 0.05) is 45.6 Å². The number of nitrogens with two attached hydrogens (primary N) is 1. The molecule has 0 radical (unpaired) electrons. The highest BCUT2D eigenvalue weighted by atomic mass is 19.3. The molecule has 0 atom stereocenters. The molecule has 0 saturated carbocycles. The summed E-state index contributed by atoms with van der Waals surface area (Å²) in [5.41, 5.74) is 4.66. The summed E-state index contributed by atoms with van der Waals surface area (Å²) in [4.78, 5) is 15.4. The molecule has 5 nitrogen and oxygen atoms in total. The molecule has 1 amide bonds. The van der Waals surface area contributed by atoms with Gasteiger partial charge in [0.1, 0.15) is 5.60 Å². The van der Waals surface area contributed by atoms with E-state index in [1.165, 1.54) is 0 Å². The van der Waals surface area contributed by atoms with Gasteiger partial charge in [-0.25, -0.2) is 13.6 Å².